The van der Waals surface area contributed by atoms with Gasteiger partial charge in [0.1, 0.15) is 0 Å². The molecular weight excluding hydrogens is 394 g/mol. The van der Waals surface area contributed by atoms with E-state index in [4.69, 9.17) is 4.99 Å². The number of aliphatic imine (C=N–C) groups is 1. The largest absolute Gasteiger partial charge is 0.479 e. The highest BCUT2D eigenvalue weighted by molar-refractivity contribution is 6.13. The number of nitrogens with zero attached hydrogens (tertiary/aromatic N) is 1. The average Bonchev–Trinajstić information content (AvgIpc) is 2.85. The number of aliphatic carboxylic acids is 1. The Balaban J connectivity index is 1.91. The van der Waals surface area contributed by atoms with Crippen LogP contribution in [0.4, 0.5) is 0 Å². The second-order valence-electron chi connectivity index (χ2n) is 7.85. The number of rotatable bonds is 8. The van der Waals surface area contributed by atoms with Crippen molar-refractivity contribution < 1.29 is 9.90 Å². The fraction of sp³-hybridized carbons (Fsp3) is 0.103. The molecule has 0 fully saturated rings. The van der Waals surface area contributed by atoms with Crippen LogP contribution in [-0.4, -0.2) is 22.3 Å². The number of carboxylic acids is 1. The van der Waals surface area contributed by atoms with E-state index >= 15 is 0 Å². The molecule has 3 heteroatoms. The Morgan fingerprint density at radius 1 is 0.594 bits per heavy atom. The lowest BCUT2D eigenvalue weighted by Gasteiger charge is -2.28. The lowest BCUT2D eigenvalue weighted by atomic mass is 9.84. The Kier molecular flexibility index (Phi) is 6.57. The molecule has 0 heterocycles. The van der Waals surface area contributed by atoms with Crippen molar-refractivity contribution in [1.29, 1.82) is 0 Å². The van der Waals surface area contributed by atoms with Gasteiger partial charge < -0.3 is 5.11 Å². The number of hydrogen-bond donors (Lipinski definition) is 1. The van der Waals surface area contributed by atoms with E-state index < -0.39 is 11.5 Å². The summed E-state index contributed by atoms with van der Waals surface area (Å²) in [5.41, 5.74) is 2.99. The Bertz CT molecular complexity index is 1090. The molecule has 0 aliphatic rings. The van der Waals surface area contributed by atoms with Gasteiger partial charge in [0, 0.05) is 24.0 Å². The summed E-state index contributed by atoms with van der Waals surface area (Å²) in [4.78, 5) is 18.0. The van der Waals surface area contributed by atoms with Gasteiger partial charge in [-0.05, 0) is 11.1 Å². The Hall–Kier alpha value is -3.98. The van der Waals surface area contributed by atoms with Gasteiger partial charge in [-0.25, -0.2) is 4.79 Å². The van der Waals surface area contributed by atoms with Crippen LogP contribution in [0.25, 0.3) is 0 Å². The van der Waals surface area contributed by atoms with Crippen molar-refractivity contribution in [3.63, 3.8) is 0 Å². The van der Waals surface area contributed by atoms with Crippen LogP contribution in [0.3, 0.4) is 0 Å². The summed E-state index contributed by atoms with van der Waals surface area (Å²) in [6, 6.07) is 39.1. The molecule has 4 aromatic rings. The minimum atomic E-state index is -1.36. The fourth-order valence-corrected chi connectivity index (χ4v) is 3.91. The predicted octanol–water partition coefficient (Wildman–Crippen LogP) is 5.83. The summed E-state index contributed by atoms with van der Waals surface area (Å²) < 4.78 is 0. The monoisotopic (exact) mass is 419 g/mol. The zero-order valence-corrected chi connectivity index (χ0v) is 17.8. The molecule has 0 aromatic heterocycles. The van der Waals surface area contributed by atoms with Crippen LogP contribution in [0.2, 0.25) is 0 Å². The molecule has 0 saturated carbocycles. The van der Waals surface area contributed by atoms with Crippen molar-refractivity contribution >= 4 is 11.7 Å². The smallest absolute Gasteiger partial charge is 0.332 e. The van der Waals surface area contributed by atoms with Crippen LogP contribution in [-0.2, 0) is 17.6 Å². The second kappa shape index (κ2) is 9.88. The summed E-state index contributed by atoms with van der Waals surface area (Å²) in [7, 11) is 0. The minimum absolute atomic E-state index is 0.293. The number of hydrogen-bond acceptors (Lipinski definition) is 2. The third kappa shape index (κ3) is 5.01. The van der Waals surface area contributed by atoms with Crippen LogP contribution in [0.5, 0.6) is 0 Å². The molecule has 32 heavy (non-hydrogen) atoms. The van der Waals surface area contributed by atoms with Gasteiger partial charge in [0.05, 0.1) is 5.71 Å². The van der Waals surface area contributed by atoms with Gasteiger partial charge in [0.15, 0.2) is 5.54 Å². The molecule has 0 radical (unpaired) electrons. The molecule has 0 atom stereocenters. The average molecular weight is 420 g/mol. The molecule has 4 aromatic carbocycles. The molecule has 0 aliphatic heterocycles. The second-order valence-corrected chi connectivity index (χ2v) is 7.85. The first-order valence-corrected chi connectivity index (χ1v) is 10.7. The van der Waals surface area contributed by atoms with Gasteiger partial charge in [-0.15, -0.1) is 0 Å². The van der Waals surface area contributed by atoms with Gasteiger partial charge in [0.25, 0.3) is 0 Å². The maximum atomic E-state index is 12.9. The van der Waals surface area contributed by atoms with E-state index in [0.29, 0.717) is 18.6 Å². The number of carboxylic acid groups (broad SMARTS) is 1. The van der Waals surface area contributed by atoms with Crippen LogP contribution in [0, 0.1) is 0 Å². The van der Waals surface area contributed by atoms with Gasteiger partial charge in [-0.1, -0.05) is 121 Å². The van der Waals surface area contributed by atoms with Crippen LogP contribution < -0.4 is 0 Å². The molecule has 1 N–H and O–H groups in total. The highest BCUT2D eigenvalue weighted by Gasteiger charge is 2.39. The molecule has 4 rings (SSSR count). The van der Waals surface area contributed by atoms with Crippen LogP contribution in [0.1, 0.15) is 22.3 Å². The molecule has 0 saturated heterocycles. The van der Waals surface area contributed by atoms with Crippen molar-refractivity contribution in [3.05, 3.63) is 144 Å². The van der Waals surface area contributed by atoms with E-state index in [1.807, 2.05) is 121 Å². The fourth-order valence-electron chi connectivity index (χ4n) is 3.91. The molecule has 158 valence electrons. The Labute approximate surface area is 188 Å². The molecule has 0 spiro atoms. The highest BCUT2D eigenvalue weighted by Crippen LogP contribution is 2.27. The number of carbonyl (C=O) groups is 1. The molecule has 0 amide bonds. The van der Waals surface area contributed by atoms with Crippen molar-refractivity contribution in [2.24, 2.45) is 4.99 Å². The van der Waals surface area contributed by atoms with E-state index in [-0.39, 0.29) is 0 Å². The first-order chi connectivity index (χ1) is 15.7. The standard InChI is InChI=1S/C29H25NO2/c31-28(32)29(21-23-13-5-1-6-14-23,22-24-15-7-2-8-16-24)30-27(25-17-9-3-10-18-25)26-19-11-4-12-20-26/h1-20H,21-22H2,(H,31,32). The third-order valence-corrected chi connectivity index (χ3v) is 5.50. The maximum Gasteiger partial charge on any atom is 0.332 e. The lowest BCUT2D eigenvalue weighted by Crippen LogP contribution is -2.42. The maximum absolute atomic E-state index is 12.9. The zero-order chi connectivity index (χ0) is 22.2. The van der Waals surface area contributed by atoms with Crippen molar-refractivity contribution in [2.75, 3.05) is 0 Å². The third-order valence-electron chi connectivity index (χ3n) is 5.50. The predicted molar refractivity (Wildman–Crippen MR) is 129 cm³/mol. The van der Waals surface area contributed by atoms with Gasteiger partial charge in [0.2, 0.25) is 0 Å². The Morgan fingerprint density at radius 3 is 1.28 bits per heavy atom. The molecular formula is C29H25NO2. The first kappa shape index (κ1) is 21.3. The molecule has 0 bridgehead atoms. The van der Waals surface area contributed by atoms with E-state index in [1.54, 1.807) is 0 Å². The summed E-state index contributed by atoms with van der Waals surface area (Å²) >= 11 is 0. The quantitative estimate of drug-likeness (QED) is 0.365. The van der Waals surface area contributed by atoms with Crippen LogP contribution in [0.15, 0.2) is 126 Å². The lowest BCUT2D eigenvalue weighted by molar-refractivity contribution is -0.143. The normalized spacial score (nSPS) is 11.0. The summed E-state index contributed by atoms with van der Waals surface area (Å²) in [5, 5.41) is 10.6. The van der Waals surface area contributed by atoms with Crippen molar-refractivity contribution in [3.8, 4) is 0 Å². The minimum Gasteiger partial charge on any atom is -0.479 e. The van der Waals surface area contributed by atoms with E-state index in [1.165, 1.54) is 0 Å². The van der Waals surface area contributed by atoms with E-state index in [2.05, 4.69) is 0 Å². The summed E-state index contributed by atoms with van der Waals surface area (Å²) in [6.07, 6.45) is 0.586. The zero-order valence-electron chi connectivity index (χ0n) is 17.8. The van der Waals surface area contributed by atoms with E-state index in [9.17, 15) is 9.90 Å². The van der Waals surface area contributed by atoms with Gasteiger partial charge >= 0.3 is 5.97 Å². The molecule has 3 nitrogen and oxygen atoms in total. The number of benzene rings is 4. The van der Waals surface area contributed by atoms with Gasteiger partial charge in [-0.2, -0.15) is 0 Å². The van der Waals surface area contributed by atoms with Crippen molar-refractivity contribution in [2.45, 2.75) is 18.4 Å². The summed E-state index contributed by atoms with van der Waals surface area (Å²) in [6.45, 7) is 0. The van der Waals surface area contributed by atoms with Crippen molar-refractivity contribution in [1.82, 2.24) is 0 Å². The van der Waals surface area contributed by atoms with E-state index in [0.717, 1.165) is 22.3 Å². The topological polar surface area (TPSA) is 49.7 Å². The summed E-state index contributed by atoms with van der Waals surface area (Å²) in [5.74, 6) is -0.936. The van der Waals surface area contributed by atoms with Crippen LogP contribution >= 0.6 is 0 Å². The first-order valence-electron chi connectivity index (χ1n) is 10.7. The SMILES string of the molecule is O=C(O)C(Cc1ccccc1)(Cc1ccccc1)N=C(c1ccccc1)c1ccccc1. The Morgan fingerprint density at radius 2 is 0.938 bits per heavy atom. The molecule has 0 unspecified atom stereocenters. The highest BCUT2D eigenvalue weighted by atomic mass is 16.4. The molecule has 0 aliphatic carbocycles. The van der Waals surface area contributed by atoms with Gasteiger partial charge in [-0.3, -0.25) is 4.99 Å².